The van der Waals surface area contributed by atoms with Crippen LogP contribution in [0.2, 0.25) is 0 Å². The molecule has 1 aliphatic rings. The molecule has 0 aliphatic carbocycles. The fourth-order valence-corrected chi connectivity index (χ4v) is 2.61. The van der Waals surface area contributed by atoms with Crippen LogP contribution in [0.3, 0.4) is 0 Å². The topological polar surface area (TPSA) is 73.8 Å². The van der Waals surface area contributed by atoms with Crippen molar-refractivity contribution in [3.05, 3.63) is 35.9 Å². The molecule has 0 fully saturated rings. The molecule has 1 aromatic rings. The van der Waals surface area contributed by atoms with E-state index in [1.807, 2.05) is 43.3 Å². The first-order valence-corrected chi connectivity index (χ1v) is 9.19. The van der Waals surface area contributed by atoms with E-state index in [9.17, 15) is 9.59 Å². The molecule has 0 saturated heterocycles. The van der Waals surface area contributed by atoms with Gasteiger partial charge < -0.3 is 5.32 Å². The number of carbonyl (C=O) groups is 2. The Morgan fingerprint density at radius 2 is 1.96 bits per heavy atom. The van der Waals surface area contributed by atoms with E-state index in [1.165, 1.54) is 0 Å². The van der Waals surface area contributed by atoms with Gasteiger partial charge in [-0.1, -0.05) is 39.0 Å². The molecule has 1 heterocycles. The Morgan fingerprint density at radius 1 is 1.19 bits per heavy atom. The van der Waals surface area contributed by atoms with Gasteiger partial charge in [0.2, 0.25) is 11.8 Å². The van der Waals surface area contributed by atoms with Gasteiger partial charge in [-0.15, -0.1) is 0 Å². The van der Waals surface area contributed by atoms with Crippen LogP contribution >= 0.6 is 0 Å². The van der Waals surface area contributed by atoms with Gasteiger partial charge in [0.25, 0.3) is 0 Å². The van der Waals surface area contributed by atoms with E-state index in [0.29, 0.717) is 18.9 Å². The van der Waals surface area contributed by atoms with E-state index in [0.717, 1.165) is 17.7 Å². The summed E-state index contributed by atoms with van der Waals surface area (Å²) >= 11 is 0. The molecule has 6 heteroatoms. The summed E-state index contributed by atoms with van der Waals surface area (Å²) in [5, 5.41) is 7.20. The minimum Gasteiger partial charge on any atom is -0.356 e. The quantitative estimate of drug-likeness (QED) is 0.788. The first-order valence-electron chi connectivity index (χ1n) is 9.19. The third kappa shape index (κ3) is 5.72. The van der Waals surface area contributed by atoms with Crippen LogP contribution in [-0.4, -0.2) is 35.6 Å². The van der Waals surface area contributed by atoms with Gasteiger partial charge in [0, 0.05) is 25.9 Å². The number of carbonyl (C=O) groups excluding carboxylic acids is 2. The zero-order valence-corrected chi connectivity index (χ0v) is 15.8. The van der Waals surface area contributed by atoms with Crippen molar-refractivity contribution in [1.82, 2.24) is 10.2 Å². The molecular formula is C20H28N4O2. The number of hydrogen-bond donors (Lipinski definition) is 2. The zero-order valence-electron chi connectivity index (χ0n) is 15.8. The minimum atomic E-state index is -0.0958. The maximum atomic E-state index is 12.7. The predicted octanol–water partition coefficient (Wildman–Crippen LogP) is 3.23. The van der Waals surface area contributed by atoms with Gasteiger partial charge in [0.05, 0.1) is 5.69 Å². The Kier molecular flexibility index (Phi) is 7.38. The van der Waals surface area contributed by atoms with Gasteiger partial charge in [-0.2, -0.15) is 5.10 Å². The molecule has 0 radical (unpaired) electrons. The lowest BCUT2D eigenvalue weighted by atomic mass is 10.1. The largest absolute Gasteiger partial charge is 0.356 e. The van der Waals surface area contributed by atoms with Crippen LogP contribution in [0.25, 0.3) is 6.08 Å². The fraction of sp³-hybridized carbons (Fsp3) is 0.450. The highest BCUT2D eigenvalue weighted by molar-refractivity contribution is 6.07. The number of anilines is 1. The van der Waals surface area contributed by atoms with Crippen LogP contribution in [0.15, 0.2) is 35.4 Å². The fourth-order valence-electron chi connectivity index (χ4n) is 2.61. The average Bonchev–Trinajstić information content (AvgIpc) is 2.85. The molecule has 0 spiro atoms. The molecule has 140 valence electrons. The van der Waals surface area contributed by atoms with E-state index in [1.54, 1.807) is 4.90 Å². The average molecular weight is 356 g/mol. The van der Waals surface area contributed by atoms with E-state index in [4.69, 9.17) is 0 Å². The SMILES string of the molecule is CCCNC(=O)CCC(=O)N(CC(C)C)C1=NNc2ccccc2C=C1. The number of rotatable bonds is 7. The van der Waals surface area contributed by atoms with Crippen molar-refractivity contribution in [3.8, 4) is 0 Å². The lowest BCUT2D eigenvalue weighted by Gasteiger charge is -2.24. The highest BCUT2D eigenvalue weighted by Crippen LogP contribution is 2.20. The van der Waals surface area contributed by atoms with Gasteiger partial charge in [-0.3, -0.25) is 19.9 Å². The predicted molar refractivity (Wildman–Crippen MR) is 106 cm³/mol. The van der Waals surface area contributed by atoms with Crippen LogP contribution in [0.5, 0.6) is 0 Å². The van der Waals surface area contributed by atoms with Crippen LogP contribution in [-0.2, 0) is 9.59 Å². The van der Waals surface area contributed by atoms with Crippen molar-refractivity contribution < 1.29 is 9.59 Å². The number of hydrazone groups is 1. The second kappa shape index (κ2) is 9.75. The van der Waals surface area contributed by atoms with Crippen LogP contribution in [0.1, 0.15) is 45.6 Å². The summed E-state index contributed by atoms with van der Waals surface area (Å²) in [7, 11) is 0. The standard InChI is InChI=1S/C20H28N4O2/c1-4-13-21-19(25)11-12-20(26)24(14-15(2)3)18-10-9-16-7-5-6-8-17(16)22-23-18/h5-10,15,22H,4,11-14H2,1-3H3,(H,21,25). The zero-order chi connectivity index (χ0) is 18.9. The Labute approximate surface area is 155 Å². The summed E-state index contributed by atoms with van der Waals surface area (Å²) in [6, 6.07) is 7.83. The van der Waals surface area contributed by atoms with Crippen LogP contribution in [0, 0.1) is 5.92 Å². The van der Waals surface area contributed by atoms with Gasteiger partial charge in [-0.25, -0.2) is 0 Å². The summed E-state index contributed by atoms with van der Waals surface area (Å²) in [6.45, 7) is 7.29. The number of fused-ring (bicyclic) bond motifs is 1. The number of benzene rings is 1. The summed E-state index contributed by atoms with van der Waals surface area (Å²) in [6.07, 6.45) is 5.03. The maximum Gasteiger partial charge on any atom is 0.228 e. The molecule has 6 nitrogen and oxygen atoms in total. The van der Waals surface area contributed by atoms with Crippen molar-refractivity contribution in [2.75, 3.05) is 18.5 Å². The Morgan fingerprint density at radius 3 is 2.69 bits per heavy atom. The van der Waals surface area contributed by atoms with Gasteiger partial charge in [-0.05, 0) is 36.1 Å². The lowest BCUT2D eigenvalue weighted by Crippen LogP contribution is -2.39. The third-order valence-corrected chi connectivity index (χ3v) is 3.93. The van der Waals surface area contributed by atoms with Gasteiger partial charge >= 0.3 is 0 Å². The number of amidine groups is 1. The number of nitrogens with zero attached hydrogens (tertiary/aromatic N) is 2. The molecule has 2 amide bonds. The van der Waals surface area contributed by atoms with Crippen LogP contribution in [0.4, 0.5) is 5.69 Å². The normalized spacial score (nSPS) is 12.7. The van der Waals surface area contributed by atoms with Crippen molar-refractivity contribution in [1.29, 1.82) is 0 Å². The van der Waals surface area contributed by atoms with Crippen LogP contribution < -0.4 is 10.7 Å². The molecule has 0 atom stereocenters. The van der Waals surface area contributed by atoms with E-state index in [2.05, 4.69) is 29.7 Å². The van der Waals surface area contributed by atoms with E-state index in [-0.39, 0.29) is 30.6 Å². The first kappa shape index (κ1) is 19.7. The summed E-state index contributed by atoms with van der Waals surface area (Å²) in [4.78, 5) is 26.2. The first-order chi connectivity index (χ1) is 12.5. The second-order valence-corrected chi connectivity index (χ2v) is 6.75. The highest BCUT2D eigenvalue weighted by atomic mass is 16.2. The van der Waals surface area contributed by atoms with Crippen molar-refractivity contribution in [3.63, 3.8) is 0 Å². The molecular weight excluding hydrogens is 328 g/mol. The Balaban J connectivity index is 2.08. The van der Waals surface area contributed by atoms with Gasteiger partial charge in [0.1, 0.15) is 0 Å². The highest BCUT2D eigenvalue weighted by Gasteiger charge is 2.21. The van der Waals surface area contributed by atoms with Crippen molar-refractivity contribution >= 4 is 29.4 Å². The minimum absolute atomic E-state index is 0.0893. The molecule has 0 bridgehead atoms. The Hall–Kier alpha value is -2.63. The second-order valence-electron chi connectivity index (χ2n) is 6.75. The molecule has 2 N–H and O–H groups in total. The number of hydrogen-bond acceptors (Lipinski definition) is 4. The molecule has 0 unspecified atom stereocenters. The van der Waals surface area contributed by atoms with E-state index < -0.39 is 0 Å². The lowest BCUT2D eigenvalue weighted by molar-refractivity contribution is -0.130. The smallest absolute Gasteiger partial charge is 0.228 e. The molecule has 1 aliphatic heterocycles. The molecule has 0 aromatic heterocycles. The summed E-state index contributed by atoms with van der Waals surface area (Å²) in [5.41, 5.74) is 4.94. The summed E-state index contributed by atoms with van der Waals surface area (Å²) in [5.74, 6) is 0.665. The molecule has 26 heavy (non-hydrogen) atoms. The summed E-state index contributed by atoms with van der Waals surface area (Å²) < 4.78 is 0. The molecule has 2 rings (SSSR count). The molecule has 0 saturated carbocycles. The van der Waals surface area contributed by atoms with E-state index >= 15 is 0 Å². The maximum absolute atomic E-state index is 12.7. The Bertz CT molecular complexity index is 695. The monoisotopic (exact) mass is 356 g/mol. The third-order valence-electron chi connectivity index (χ3n) is 3.93. The van der Waals surface area contributed by atoms with Crippen molar-refractivity contribution in [2.45, 2.75) is 40.0 Å². The van der Waals surface area contributed by atoms with Gasteiger partial charge in [0.15, 0.2) is 5.84 Å². The number of amides is 2. The number of para-hydroxylation sites is 1. The van der Waals surface area contributed by atoms with Crippen molar-refractivity contribution in [2.24, 2.45) is 11.0 Å². The number of nitrogens with one attached hydrogen (secondary N) is 2. The molecule has 1 aromatic carbocycles.